The maximum atomic E-state index is 13.8. The van der Waals surface area contributed by atoms with Crippen LogP contribution in [0.5, 0.6) is 11.5 Å². The van der Waals surface area contributed by atoms with Crippen LogP contribution in [0, 0.1) is 11.7 Å². The van der Waals surface area contributed by atoms with Gasteiger partial charge in [0.2, 0.25) is 0 Å². The summed E-state index contributed by atoms with van der Waals surface area (Å²) in [5.74, 6) is 1.35. The summed E-state index contributed by atoms with van der Waals surface area (Å²) < 4.78 is 30.2. The van der Waals surface area contributed by atoms with Gasteiger partial charge >= 0.3 is 5.97 Å². The topological polar surface area (TPSA) is 51.2 Å². The third-order valence-corrected chi connectivity index (χ3v) is 8.33. The van der Waals surface area contributed by atoms with E-state index in [0.717, 1.165) is 68.2 Å². The van der Waals surface area contributed by atoms with Crippen molar-refractivity contribution in [2.75, 3.05) is 51.9 Å². The quantitative estimate of drug-likeness (QED) is 0.361. The van der Waals surface area contributed by atoms with E-state index in [4.69, 9.17) is 14.2 Å². The van der Waals surface area contributed by atoms with Crippen LogP contribution in [0.25, 0.3) is 0 Å². The molecule has 1 unspecified atom stereocenters. The molecule has 1 saturated heterocycles. The van der Waals surface area contributed by atoms with Gasteiger partial charge < -0.3 is 19.1 Å². The fourth-order valence-corrected chi connectivity index (χ4v) is 6.03. The number of hydrogen-bond acceptors (Lipinski definition) is 6. The lowest BCUT2D eigenvalue weighted by Gasteiger charge is -2.48. The number of rotatable bonds is 8. The minimum absolute atomic E-state index is 0.0153. The molecule has 6 nitrogen and oxygen atoms in total. The Morgan fingerprint density at radius 3 is 2.31 bits per heavy atom. The standard InChI is InChI=1S/C32H37FN2O4/c1-32(25-4-10-28(11-5-25)39-21-20-34-17-14-23(15-18-34)31(36)38-3)30-13-12-29(37-2)22-24(30)16-19-35(32)27-8-6-26(33)7-9-27/h4-13,22-23H,14-21H2,1-3H3. The highest BCUT2D eigenvalue weighted by molar-refractivity contribution is 5.72. The molecule has 5 rings (SSSR count). The van der Waals surface area contributed by atoms with Gasteiger partial charge in [0.1, 0.15) is 23.9 Å². The van der Waals surface area contributed by atoms with Crippen LogP contribution in [0.3, 0.4) is 0 Å². The van der Waals surface area contributed by atoms with Crippen LogP contribution in [0.4, 0.5) is 10.1 Å². The number of carbonyl (C=O) groups excluding carboxylic acids is 1. The number of anilines is 1. The van der Waals surface area contributed by atoms with Crippen LogP contribution in [0.2, 0.25) is 0 Å². The summed E-state index contributed by atoms with van der Waals surface area (Å²) in [6.45, 7) is 6.19. The Balaban J connectivity index is 1.31. The molecule has 3 aromatic carbocycles. The molecule has 1 fully saturated rings. The molecule has 7 heteroatoms. The second-order valence-electron chi connectivity index (χ2n) is 10.5. The molecule has 206 valence electrons. The van der Waals surface area contributed by atoms with E-state index in [1.54, 1.807) is 7.11 Å². The average Bonchev–Trinajstić information content (AvgIpc) is 2.98. The second-order valence-corrected chi connectivity index (χ2v) is 10.5. The summed E-state index contributed by atoms with van der Waals surface area (Å²) in [4.78, 5) is 16.5. The molecule has 0 bridgehead atoms. The molecule has 1 atom stereocenters. The number of nitrogens with zero attached hydrogens (tertiary/aromatic N) is 2. The van der Waals surface area contributed by atoms with Crippen molar-refractivity contribution < 1.29 is 23.4 Å². The van der Waals surface area contributed by atoms with Crippen molar-refractivity contribution in [3.05, 3.63) is 89.2 Å². The zero-order valence-corrected chi connectivity index (χ0v) is 23.0. The molecule has 0 N–H and O–H groups in total. The van der Waals surface area contributed by atoms with E-state index in [2.05, 4.69) is 41.0 Å². The zero-order chi connectivity index (χ0) is 27.4. The number of carbonyl (C=O) groups is 1. The molecule has 2 aliphatic heterocycles. The smallest absolute Gasteiger partial charge is 0.308 e. The number of hydrogen-bond donors (Lipinski definition) is 0. The Morgan fingerprint density at radius 1 is 0.949 bits per heavy atom. The zero-order valence-electron chi connectivity index (χ0n) is 23.0. The van der Waals surface area contributed by atoms with E-state index >= 15 is 0 Å². The lowest BCUT2D eigenvalue weighted by molar-refractivity contribution is -0.147. The van der Waals surface area contributed by atoms with Crippen LogP contribution in [-0.2, 0) is 21.5 Å². The average molecular weight is 533 g/mol. The monoisotopic (exact) mass is 532 g/mol. The van der Waals surface area contributed by atoms with E-state index in [-0.39, 0.29) is 17.7 Å². The predicted octanol–water partition coefficient (Wildman–Crippen LogP) is 5.42. The van der Waals surface area contributed by atoms with E-state index < -0.39 is 5.54 Å². The number of benzene rings is 3. The minimum Gasteiger partial charge on any atom is -0.497 e. The molecule has 0 aliphatic carbocycles. The van der Waals surface area contributed by atoms with Gasteiger partial charge in [0.15, 0.2) is 0 Å². The van der Waals surface area contributed by atoms with Gasteiger partial charge in [-0.05, 0) is 104 Å². The third-order valence-electron chi connectivity index (χ3n) is 8.33. The molecule has 0 saturated carbocycles. The number of likely N-dealkylation sites (tertiary alicyclic amines) is 1. The van der Waals surface area contributed by atoms with E-state index in [0.29, 0.717) is 6.61 Å². The van der Waals surface area contributed by atoms with Gasteiger partial charge in [0.25, 0.3) is 0 Å². The number of methoxy groups -OCH3 is 2. The van der Waals surface area contributed by atoms with Crippen LogP contribution in [-0.4, -0.2) is 57.9 Å². The maximum absolute atomic E-state index is 13.8. The van der Waals surface area contributed by atoms with Crippen molar-refractivity contribution >= 4 is 11.7 Å². The van der Waals surface area contributed by atoms with Crippen LogP contribution >= 0.6 is 0 Å². The molecule has 0 aromatic heterocycles. The van der Waals surface area contributed by atoms with E-state index in [1.807, 2.05) is 30.3 Å². The first kappa shape index (κ1) is 27.0. The number of piperidine rings is 1. The molecule has 0 radical (unpaired) electrons. The summed E-state index contributed by atoms with van der Waals surface area (Å²) in [6, 6.07) is 21.4. The fraction of sp³-hybridized carbons (Fsp3) is 0.406. The predicted molar refractivity (Wildman–Crippen MR) is 150 cm³/mol. The van der Waals surface area contributed by atoms with Crippen molar-refractivity contribution in [1.82, 2.24) is 4.90 Å². The second kappa shape index (κ2) is 11.7. The van der Waals surface area contributed by atoms with E-state index in [1.165, 1.54) is 30.4 Å². The Hall–Kier alpha value is -3.58. The molecule has 2 heterocycles. The number of fused-ring (bicyclic) bond motifs is 1. The first-order chi connectivity index (χ1) is 18.9. The van der Waals surface area contributed by atoms with E-state index in [9.17, 15) is 9.18 Å². The molecule has 0 spiro atoms. The largest absolute Gasteiger partial charge is 0.497 e. The first-order valence-electron chi connectivity index (χ1n) is 13.7. The Bertz CT molecular complexity index is 1270. The van der Waals surface area contributed by atoms with Gasteiger partial charge in [-0.2, -0.15) is 0 Å². The maximum Gasteiger partial charge on any atom is 0.308 e. The number of ether oxygens (including phenoxy) is 3. The molecule has 39 heavy (non-hydrogen) atoms. The minimum atomic E-state index is -0.458. The molecule has 3 aromatic rings. The molecular formula is C32H37FN2O4. The molecular weight excluding hydrogens is 495 g/mol. The summed E-state index contributed by atoms with van der Waals surface area (Å²) in [5.41, 5.74) is 4.13. The van der Waals surface area contributed by atoms with Crippen molar-refractivity contribution in [2.24, 2.45) is 5.92 Å². The summed E-state index contributed by atoms with van der Waals surface area (Å²) in [6.07, 6.45) is 2.54. The SMILES string of the molecule is COC(=O)C1CCN(CCOc2ccc(C3(C)c4ccc(OC)cc4CCN3c3ccc(F)cc3)cc2)CC1. The van der Waals surface area contributed by atoms with Crippen LogP contribution in [0.1, 0.15) is 36.5 Å². The van der Waals surface area contributed by atoms with Gasteiger partial charge in [0, 0.05) is 18.8 Å². The van der Waals surface area contributed by atoms with Crippen molar-refractivity contribution in [3.8, 4) is 11.5 Å². The van der Waals surface area contributed by atoms with Crippen molar-refractivity contribution in [1.29, 1.82) is 0 Å². The first-order valence-corrected chi connectivity index (χ1v) is 13.7. The Kier molecular flexibility index (Phi) is 8.07. The Labute approximate surface area is 230 Å². The van der Waals surface area contributed by atoms with Crippen LogP contribution in [0.15, 0.2) is 66.7 Å². The lowest BCUT2D eigenvalue weighted by atomic mass is 9.76. The summed E-state index contributed by atoms with van der Waals surface area (Å²) >= 11 is 0. The highest BCUT2D eigenvalue weighted by Gasteiger charge is 2.40. The number of halogens is 1. The lowest BCUT2D eigenvalue weighted by Crippen LogP contribution is -2.49. The van der Waals surface area contributed by atoms with Gasteiger partial charge in [-0.1, -0.05) is 18.2 Å². The van der Waals surface area contributed by atoms with Crippen molar-refractivity contribution in [2.45, 2.75) is 31.7 Å². The van der Waals surface area contributed by atoms with Gasteiger partial charge in [-0.25, -0.2) is 4.39 Å². The normalized spacial score (nSPS) is 19.8. The Morgan fingerprint density at radius 2 is 1.64 bits per heavy atom. The highest BCUT2D eigenvalue weighted by atomic mass is 19.1. The highest BCUT2D eigenvalue weighted by Crippen LogP contribution is 2.44. The van der Waals surface area contributed by atoms with Gasteiger partial charge in [-0.15, -0.1) is 0 Å². The summed E-state index contributed by atoms with van der Waals surface area (Å²) in [7, 11) is 3.15. The fourth-order valence-electron chi connectivity index (χ4n) is 6.03. The molecule has 0 amide bonds. The molecule has 2 aliphatic rings. The van der Waals surface area contributed by atoms with Gasteiger partial charge in [-0.3, -0.25) is 9.69 Å². The number of esters is 1. The summed E-state index contributed by atoms with van der Waals surface area (Å²) in [5, 5.41) is 0. The van der Waals surface area contributed by atoms with Crippen LogP contribution < -0.4 is 14.4 Å². The third kappa shape index (κ3) is 5.59. The van der Waals surface area contributed by atoms with Crippen molar-refractivity contribution in [3.63, 3.8) is 0 Å². The van der Waals surface area contributed by atoms with Gasteiger partial charge in [0.05, 0.1) is 25.7 Å².